The van der Waals surface area contributed by atoms with E-state index >= 15 is 0 Å². The molecule has 2 aromatic rings. The van der Waals surface area contributed by atoms with Crippen molar-refractivity contribution in [2.75, 3.05) is 6.61 Å². The van der Waals surface area contributed by atoms with Gasteiger partial charge in [-0.1, -0.05) is 88.4 Å². The molecular weight excluding hydrogens is 312 g/mol. The van der Waals surface area contributed by atoms with Gasteiger partial charge in [0.15, 0.2) is 0 Å². The van der Waals surface area contributed by atoms with Crippen LogP contribution in [0.15, 0.2) is 66.7 Å². The molecule has 126 valence electrons. The maximum atomic E-state index is 10.7. The molecule has 3 heteroatoms. The summed E-state index contributed by atoms with van der Waals surface area (Å²) in [6.45, 7) is 9.25. The van der Waals surface area contributed by atoms with Gasteiger partial charge in [-0.3, -0.25) is 0 Å². The first kappa shape index (κ1) is 18.4. The van der Waals surface area contributed by atoms with Gasteiger partial charge in [-0.05, 0) is 15.4 Å². The molecule has 0 aliphatic heterocycles. The lowest BCUT2D eigenvalue weighted by Gasteiger charge is -2.43. The van der Waals surface area contributed by atoms with Gasteiger partial charge in [0.25, 0.3) is 8.32 Å². The van der Waals surface area contributed by atoms with Crippen molar-refractivity contribution in [3.8, 4) is 0 Å². The molecule has 0 saturated carbocycles. The van der Waals surface area contributed by atoms with Gasteiger partial charge in [0, 0.05) is 18.6 Å². The maximum absolute atomic E-state index is 10.7. The third kappa shape index (κ3) is 3.76. The Hall–Kier alpha value is -1.93. The van der Waals surface area contributed by atoms with Crippen LogP contribution in [0.25, 0.3) is 0 Å². The van der Waals surface area contributed by atoms with Crippen molar-refractivity contribution in [3.63, 3.8) is 0 Å². The van der Waals surface area contributed by atoms with E-state index in [0.717, 1.165) is 0 Å². The number of benzene rings is 2. The molecule has 1 atom stereocenters. The van der Waals surface area contributed by atoms with Gasteiger partial charge in [-0.15, -0.1) is 0 Å². The highest BCUT2D eigenvalue weighted by Gasteiger charge is 2.50. The molecule has 2 rings (SSSR count). The highest BCUT2D eigenvalue weighted by atomic mass is 28.4. The smallest absolute Gasteiger partial charge is 0.261 e. The minimum absolute atomic E-state index is 0.0413. The third-order valence-electron chi connectivity index (χ3n) is 4.33. The van der Waals surface area contributed by atoms with Crippen LogP contribution in [-0.2, 0) is 9.22 Å². The molecule has 0 aromatic heterocycles. The molecule has 0 aliphatic rings. The Morgan fingerprint density at radius 1 is 1.00 bits per heavy atom. The minimum Gasteiger partial charge on any atom is -0.407 e. The predicted molar refractivity (Wildman–Crippen MR) is 103 cm³/mol. The molecule has 0 amide bonds. The molecule has 0 radical (unpaired) electrons. The van der Waals surface area contributed by atoms with Crippen molar-refractivity contribution in [3.05, 3.63) is 66.7 Å². The first-order chi connectivity index (χ1) is 11.4. The second kappa shape index (κ2) is 7.76. The summed E-state index contributed by atoms with van der Waals surface area (Å²) in [5.41, 5.74) is 0. The van der Waals surface area contributed by atoms with E-state index in [1.807, 2.05) is 25.0 Å². The number of rotatable bonds is 6. The van der Waals surface area contributed by atoms with Crippen LogP contribution >= 0.6 is 0 Å². The molecule has 0 spiro atoms. The van der Waals surface area contributed by atoms with E-state index in [0.29, 0.717) is 6.61 Å². The summed E-state index contributed by atoms with van der Waals surface area (Å²) >= 11 is 0. The fraction of sp³-hybridized carbons (Fsp3) is 0.333. The van der Waals surface area contributed by atoms with Crippen LogP contribution in [0.4, 0.5) is 0 Å². The molecule has 0 bridgehead atoms. The Morgan fingerprint density at radius 3 is 1.83 bits per heavy atom. The molecule has 0 unspecified atom stereocenters. The van der Waals surface area contributed by atoms with Gasteiger partial charge in [0.1, 0.15) is 5.94 Å². The Bertz CT molecular complexity index is 643. The van der Waals surface area contributed by atoms with Crippen LogP contribution < -0.4 is 10.4 Å². The van der Waals surface area contributed by atoms with E-state index in [2.05, 4.69) is 69.3 Å². The summed E-state index contributed by atoms with van der Waals surface area (Å²) in [7, 11) is -2.49. The van der Waals surface area contributed by atoms with Crippen molar-refractivity contribution >= 4 is 24.6 Å². The van der Waals surface area contributed by atoms with Gasteiger partial charge in [-0.25, -0.2) is 4.79 Å². The molecular formula is C21H26O2Si. The second-order valence-corrected chi connectivity index (χ2v) is 11.5. The van der Waals surface area contributed by atoms with Crippen LogP contribution in [0.5, 0.6) is 0 Å². The van der Waals surface area contributed by atoms with E-state index in [1.54, 1.807) is 0 Å². The fourth-order valence-corrected chi connectivity index (χ4v) is 7.85. The molecule has 2 nitrogen and oxygen atoms in total. The molecule has 0 fully saturated rings. The highest BCUT2D eigenvalue weighted by molar-refractivity contribution is 6.99. The maximum Gasteiger partial charge on any atom is 0.261 e. The number of carbonyl (C=O) groups excluding carboxylic acids is 1. The van der Waals surface area contributed by atoms with Crippen molar-refractivity contribution in [1.82, 2.24) is 0 Å². The zero-order valence-electron chi connectivity index (χ0n) is 15.0. The van der Waals surface area contributed by atoms with Crippen LogP contribution in [0, 0.1) is 5.92 Å². The van der Waals surface area contributed by atoms with Gasteiger partial charge in [-0.2, -0.15) is 0 Å². The molecule has 0 aliphatic carbocycles. The summed E-state index contributed by atoms with van der Waals surface area (Å²) in [5, 5.41) is 2.47. The first-order valence-corrected chi connectivity index (χ1v) is 10.3. The largest absolute Gasteiger partial charge is 0.407 e. The summed E-state index contributed by atoms with van der Waals surface area (Å²) in [6, 6.07) is 21.1. The first-order valence-electron chi connectivity index (χ1n) is 8.38. The fourth-order valence-electron chi connectivity index (χ4n) is 3.18. The average molecular weight is 339 g/mol. The predicted octanol–water partition coefficient (Wildman–Crippen LogP) is 3.59. The second-order valence-electron chi connectivity index (χ2n) is 7.24. The van der Waals surface area contributed by atoms with Gasteiger partial charge in [0.05, 0.1) is 0 Å². The standard InChI is InChI=1S/C21H26O2Si/c1-18(15-16-22)17-23-24(21(2,3)4,19-11-7-5-8-12-19)20-13-9-6-10-14-20/h5-15,18H,17H2,1-4H3/t18-/m0/s1. The van der Waals surface area contributed by atoms with E-state index in [4.69, 9.17) is 4.43 Å². The summed E-state index contributed by atoms with van der Waals surface area (Å²) < 4.78 is 6.71. The van der Waals surface area contributed by atoms with Gasteiger partial charge >= 0.3 is 0 Å². The highest BCUT2D eigenvalue weighted by Crippen LogP contribution is 2.36. The molecule has 0 N–H and O–H groups in total. The van der Waals surface area contributed by atoms with Gasteiger partial charge in [0.2, 0.25) is 0 Å². The lowest BCUT2D eigenvalue weighted by Crippen LogP contribution is -2.66. The lowest BCUT2D eigenvalue weighted by molar-refractivity contribution is 0.268. The summed E-state index contributed by atoms with van der Waals surface area (Å²) in [5.74, 6) is 1.93. The Balaban J connectivity index is 2.59. The van der Waals surface area contributed by atoms with E-state index in [1.165, 1.54) is 16.4 Å². The van der Waals surface area contributed by atoms with Crippen LogP contribution in [0.1, 0.15) is 27.7 Å². The topological polar surface area (TPSA) is 26.3 Å². The van der Waals surface area contributed by atoms with E-state index < -0.39 is 8.32 Å². The zero-order valence-corrected chi connectivity index (χ0v) is 16.0. The quantitative estimate of drug-likeness (QED) is 0.594. The number of hydrogen-bond donors (Lipinski definition) is 0. The summed E-state index contributed by atoms with van der Waals surface area (Å²) in [6.07, 6.45) is 1.54. The Labute approximate surface area is 146 Å². The van der Waals surface area contributed by atoms with Crippen molar-refractivity contribution < 1.29 is 9.22 Å². The monoisotopic (exact) mass is 338 g/mol. The number of hydrogen-bond acceptors (Lipinski definition) is 2. The molecule has 24 heavy (non-hydrogen) atoms. The molecule has 0 saturated heterocycles. The SMILES string of the molecule is C[C@@H](C=C=O)CO[Si](c1ccccc1)(c1ccccc1)C(C)(C)C. The van der Waals surface area contributed by atoms with E-state index in [9.17, 15) is 4.79 Å². The minimum atomic E-state index is -2.49. The Kier molecular flexibility index (Phi) is 5.95. The average Bonchev–Trinajstić information content (AvgIpc) is 2.56. The van der Waals surface area contributed by atoms with E-state index in [-0.39, 0.29) is 11.0 Å². The van der Waals surface area contributed by atoms with Crippen molar-refractivity contribution in [2.45, 2.75) is 32.7 Å². The van der Waals surface area contributed by atoms with Crippen LogP contribution in [0.2, 0.25) is 5.04 Å². The molecule has 0 heterocycles. The molecule has 2 aromatic carbocycles. The zero-order chi connectivity index (χ0) is 17.6. The van der Waals surface area contributed by atoms with Crippen LogP contribution in [-0.4, -0.2) is 20.9 Å². The Morgan fingerprint density at radius 2 is 1.46 bits per heavy atom. The normalized spacial score (nSPS) is 13.2. The third-order valence-corrected chi connectivity index (χ3v) is 9.34. The lowest BCUT2D eigenvalue weighted by atomic mass is 10.2. The van der Waals surface area contributed by atoms with Crippen LogP contribution in [0.3, 0.4) is 0 Å². The van der Waals surface area contributed by atoms with Gasteiger partial charge < -0.3 is 4.43 Å². The van der Waals surface area contributed by atoms with Crippen molar-refractivity contribution in [1.29, 1.82) is 0 Å². The van der Waals surface area contributed by atoms with Crippen molar-refractivity contribution in [2.24, 2.45) is 5.92 Å². The summed E-state index contributed by atoms with van der Waals surface area (Å²) in [4.78, 5) is 10.7.